The molecule has 0 N–H and O–H groups in total. The van der Waals surface area contributed by atoms with Crippen LogP contribution < -0.4 is 4.74 Å². The summed E-state index contributed by atoms with van der Waals surface area (Å²) < 4.78 is 12.4. The number of hydrogen-bond donors (Lipinski definition) is 0. The van der Waals surface area contributed by atoms with Crippen LogP contribution in [0.2, 0.25) is 0 Å². The highest BCUT2D eigenvalue weighted by atomic mass is 32.1. The van der Waals surface area contributed by atoms with Gasteiger partial charge in [0.1, 0.15) is 5.75 Å². The standard InChI is InChI=1S/C25H22N4O4S/c1-32-20-9-7-18(8-10-20)22-14-21(17-5-3-2-4-6-17)27-29(22)23(30)16-33-24(31)13-19-15-28-11-12-34-25(28)26-19/h2-12,15,22H,13-14,16H2,1H3. The van der Waals surface area contributed by atoms with Crippen LogP contribution in [0.5, 0.6) is 5.75 Å². The lowest BCUT2D eigenvalue weighted by molar-refractivity contribution is -0.152. The number of thiazole rings is 1. The van der Waals surface area contributed by atoms with Crippen LogP contribution in [0.3, 0.4) is 0 Å². The third-order valence-corrected chi connectivity index (χ3v) is 6.37. The third kappa shape index (κ3) is 4.55. The van der Waals surface area contributed by atoms with E-state index in [-0.39, 0.29) is 25.0 Å². The number of carbonyl (C=O) groups excluding carboxylic acids is 2. The van der Waals surface area contributed by atoms with Gasteiger partial charge in [-0.15, -0.1) is 11.3 Å². The van der Waals surface area contributed by atoms with Crippen molar-refractivity contribution < 1.29 is 19.1 Å². The van der Waals surface area contributed by atoms with Crippen LogP contribution in [0, 0.1) is 0 Å². The molecule has 1 unspecified atom stereocenters. The van der Waals surface area contributed by atoms with Crippen molar-refractivity contribution in [3.63, 3.8) is 0 Å². The van der Waals surface area contributed by atoms with Crippen molar-refractivity contribution in [2.75, 3.05) is 13.7 Å². The number of nitrogens with zero attached hydrogens (tertiary/aromatic N) is 4. The van der Waals surface area contributed by atoms with Crippen LogP contribution in [0.4, 0.5) is 0 Å². The Bertz CT molecular complexity index is 1320. The number of fused-ring (bicyclic) bond motifs is 1. The average Bonchev–Trinajstić information content (AvgIpc) is 3.58. The fourth-order valence-electron chi connectivity index (χ4n) is 3.90. The van der Waals surface area contributed by atoms with Gasteiger partial charge in [0.25, 0.3) is 5.91 Å². The molecule has 1 aliphatic heterocycles. The van der Waals surface area contributed by atoms with Gasteiger partial charge in [-0.3, -0.25) is 14.0 Å². The number of rotatable bonds is 7. The molecule has 4 aromatic rings. The molecule has 9 heteroatoms. The van der Waals surface area contributed by atoms with Crippen molar-refractivity contribution >= 4 is 33.9 Å². The Balaban J connectivity index is 1.29. The summed E-state index contributed by atoms with van der Waals surface area (Å²) in [6.45, 7) is -0.390. The normalized spacial score (nSPS) is 15.4. The Morgan fingerprint density at radius 3 is 2.65 bits per heavy atom. The van der Waals surface area contributed by atoms with E-state index in [9.17, 15) is 9.59 Å². The summed E-state index contributed by atoms with van der Waals surface area (Å²) in [5, 5.41) is 7.95. The molecule has 0 bridgehead atoms. The lowest BCUT2D eigenvalue weighted by Gasteiger charge is -2.22. The van der Waals surface area contributed by atoms with Gasteiger partial charge in [-0.05, 0) is 23.3 Å². The molecule has 0 saturated heterocycles. The zero-order valence-corrected chi connectivity index (χ0v) is 19.3. The first-order chi connectivity index (χ1) is 16.6. The van der Waals surface area contributed by atoms with Gasteiger partial charge in [0.05, 0.1) is 31.0 Å². The molecule has 0 spiro atoms. The molecule has 34 heavy (non-hydrogen) atoms. The van der Waals surface area contributed by atoms with E-state index >= 15 is 0 Å². The van der Waals surface area contributed by atoms with Gasteiger partial charge in [0, 0.05) is 24.2 Å². The molecule has 1 aliphatic rings. The lowest BCUT2D eigenvalue weighted by Crippen LogP contribution is -2.31. The van der Waals surface area contributed by atoms with Gasteiger partial charge in [-0.2, -0.15) is 5.10 Å². The number of hydrazone groups is 1. The molecule has 0 fully saturated rings. The molecule has 1 atom stereocenters. The van der Waals surface area contributed by atoms with Gasteiger partial charge in [0.2, 0.25) is 0 Å². The smallest absolute Gasteiger partial charge is 0.312 e. The monoisotopic (exact) mass is 474 g/mol. The van der Waals surface area contributed by atoms with E-state index in [1.54, 1.807) is 13.3 Å². The number of benzene rings is 2. The molecule has 1 amide bonds. The van der Waals surface area contributed by atoms with Gasteiger partial charge in [-0.25, -0.2) is 9.99 Å². The fraction of sp³-hybridized carbons (Fsp3) is 0.200. The first-order valence-electron chi connectivity index (χ1n) is 10.8. The quantitative estimate of drug-likeness (QED) is 0.380. The van der Waals surface area contributed by atoms with Crippen molar-refractivity contribution in [2.45, 2.75) is 18.9 Å². The highest BCUT2D eigenvalue weighted by Crippen LogP contribution is 2.33. The zero-order valence-electron chi connectivity index (χ0n) is 18.5. The zero-order chi connectivity index (χ0) is 23.5. The molecule has 3 heterocycles. The summed E-state index contributed by atoms with van der Waals surface area (Å²) >= 11 is 1.49. The molecule has 0 aliphatic carbocycles. The number of carbonyl (C=O) groups is 2. The molecule has 172 valence electrons. The number of ether oxygens (including phenoxy) is 2. The Morgan fingerprint density at radius 1 is 1.12 bits per heavy atom. The lowest BCUT2D eigenvalue weighted by atomic mass is 9.98. The Morgan fingerprint density at radius 2 is 1.91 bits per heavy atom. The first kappa shape index (κ1) is 21.8. The summed E-state index contributed by atoms with van der Waals surface area (Å²) in [5.74, 6) is -0.158. The second kappa shape index (κ2) is 9.48. The third-order valence-electron chi connectivity index (χ3n) is 5.60. The minimum Gasteiger partial charge on any atom is -0.497 e. The van der Waals surface area contributed by atoms with Gasteiger partial charge in [0.15, 0.2) is 11.6 Å². The minimum absolute atomic E-state index is 0.00210. The van der Waals surface area contributed by atoms with Crippen molar-refractivity contribution in [1.82, 2.24) is 14.4 Å². The maximum atomic E-state index is 13.1. The SMILES string of the molecule is COc1ccc(C2CC(c3ccccc3)=NN2C(=O)COC(=O)Cc2cn3ccsc3n2)cc1. The largest absolute Gasteiger partial charge is 0.497 e. The molecule has 0 radical (unpaired) electrons. The number of hydrogen-bond acceptors (Lipinski definition) is 7. The van der Waals surface area contributed by atoms with Crippen LogP contribution in [-0.2, 0) is 20.7 Å². The first-order valence-corrected chi connectivity index (χ1v) is 11.6. The van der Waals surface area contributed by atoms with Gasteiger partial charge < -0.3 is 9.47 Å². The predicted octanol–water partition coefficient (Wildman–Crippen LogP) is 3.87. The highest BCUT2D eigenvalue weighted by Gasteiger charge is 2.33. The maximum Gasteiger partial charge on any atom is 0.312 e. The number of methoxy groups -OCH3 is 1. The second-order valence-electron chi connectivity index (χ2n) is 7.81. The summed E-state index contributed by atoms with van der Waals surface area (Å²) in [6, 6.07) is 17.0. The molecule has 5 rings (SSSR count). The average molecular weight is 475 g/mol. The Hall–Kier alpha value is -3.98. The summed E-state index contributed by atoms with van der Waals surface area (Å²) in [7, 11) is 1.61. The van der Waals surface area contributed by atoms with Crippen molar-refractivity contribution in [3.8, 4) is 5.75 Å². The van der Waals surface area contributed by atoms with Crippen LogP contribution >= 0.6 is 11.3 Å². The maximum absolute atomic E-state index is 13.1. The van der Waals surface area contributed by atoms with Gasteiger partial charge >= 0.3 is 5.97 Å². The molecular weight excluding hydrogens is 452 g/mol. The van der Waals surface area contributed by atoms with E-state index in [0.717, 1.165) is 27.5 Å². The topological polar surface area (TPSA) is 85.5 Å². The van der Waals surface area contributed by atoms with E-state index in [2.05, 4.69) is 10.1 Å². The summed E-state index contributed by atoms with van der Waals surface area (Å²) in [6.07, 6.45) is 4.22. The van der Waals surface area contributed by atoms with Crippen LogP contribution in [0.15, 0.2) is 77.5 Å². The fourth-order valence-corrected chi connectivity index (χ4v) is 4.62. The van der Waals surface area contributed by atoms with Crippen molar-refractivity contribution in [2.24, 2.45) is 5.10 Å². The van der Waals surface area contributed by atoms with Crippen LogP contribution in [0.1, 0.15) is 29.3 Å². The minimum atomic E-state index is -0.508. The predicted molar refractivity (Wildman–Crippen MR) is 128 cm³/mol. The number of aromatic nitrogens is 2. The molecule has 8 nitrogen and oxygen atoms in total. The number of imidazole rings is 1. The van der Waals surface area contributed by atoms with Crippen LogP contribution in [0.25, 0.3) is 4.96 Å². The van der Waals surface area contributed by atoms with Crippen molar-refractivity contribution in [1.29, 1.82) is 0 Å². The summed E-state index contributed by atoms with van der Waals surface area (Å²) in [5.41, 5.74) is 3.28. The summed E-state index contributed by atoms with van der Waals surface area (Å²) in [4.78, 5) is 30.6. The van der Waals surface area contributed by atoms with E-state index in [1.165, 1.54) is 16.3 Å². The van der Waals surface area contributed by atoms with E-state index in [4.69, 9.17) is 9.47 Å². The van der Waals surface area contributed by atoms with Crippen LogP contribution in [-0.4, -0.2) is 45.7 Å². The van der Waals surface area contributed by atoms with E-state index < -0.39 is 5.97 Å². The van der Waals surface area contributed by atoms with E-state index in [0.29, 0.717) is 12.1 Å². The Labute approximate surface area is 200 Å². The highest BCUT2D eigenvalue weighted by molar-refractivity contribution is 7.15. The molecule has 2 aromatic heterocycles. The van der Waals surface area contributed by atoms with E-state index in [1.807, 2.05) is 70.6 Å². The molecule has 2 aromatic carbocycles. The number of esters is 1. The molecular formula is C25H22N4O4S. The molecule has 0 saturated carbocycles. The van der Waals surface area contributed by atoms with Crippen molar-refractivity contribution in [3.05, 3.63) is 89.2 Å². The Kier molecular flexibility index (Phi) is 6.09. The van der Waals surface area contributed by atoms with Gasteiger partial charge in [-0.1, -0.05) is 42.5 Å². The number of amides is 1. The second-order valence-corrected chi connectivity index (χ2v) is 8.68.